The molecule has 0 aromatic heterocycles. The average molecular weight is 169 g/mol. The summed E-state index contributed by atoms with van der Waals surface area (Å²) in [7, 11) is -0.804. The number of alkyl halides is 1. The third-order valence-electron chi connectivity index (χ3n) is 1.28. The van der Waals surface area contributed by atoms with Gasteiger partial charge in [-0.1, -0.05) is 0 Å². The van der Waals surface area contributed by atoms with E-state index >= 15 is 0 Å². The molecule has 9 heavy (non-hydrogen) atoms. The maximum atomic E-state index is 10.9. The predicted octanol–water partition coefficient (Wildman–Crippen LogP) is 0.719. The maximum Gasteiger partial charge on any atom is 0.130 e. The molecule has 0 aliphatic carbocycles. The minimum Gasteiger partial charge on any atom is -0.360 e. The lowest BCUT2D eigenvalue weighted by Crippen LogP contribution is -2.11. The monoisotopic (exact) mass is 168 g/mol. The Hall–Kier alpha value is 0.400. The summed E-state index contributed by atoms with van der Waals surface area (Å²) < 4.78 is 16.1. The number of hydrogen-bond donors (Lipinski definition) is 0. The van der Waals surface area contributed by atoms with Crippen molar-refractivity contribution in [3.05, 3.63) is 0 Å². The molecule has 1 rings (SSSR count). The van der Waals surface area contributed by atoms with E-state index in [1.165, 1.54) is 0 Å². The molecule has 1 unspecified atom stereocenters. The van der Waals surface area contributed by atoms with Crippen molar-refractivity contribution in [3.63, 3.8) is 0 Å². The second kappa shape index (κ2) is 2.99. The molecule has 0 spiro atoms. The molecular formula is C5H9ClO2S. The fourth-order valence-corrected chi connectivity index (χ4v) is 2.20. The molecule has 0 aromatic rings. The fourth-order valence-electron chi connectivity index (χ4n) is 0.772. The Morgan fingerprint density at radius 1 is 1.89 bits per heavy atom. The lowest BCUT2D eigenvalue weighted by molar-refractivity contribution is 0.0899. The Balaban J connectivity index is 2.44. The van der Waals surface area contributed by atoms with Crippen molar-refractivity contribution >= 4 is 22.4 Å². The highest BCUT2D eigenvalue weighted by molar-refractivity contribution is 7.85. The molecule has 54 valence electrons. The zero-order valence-electron chi connectivity index (χ0n) is 5.17. The van der Waals surface area contributed by atoms with Crippen LogP contribution in [0.4, 0.5) is 0 Å². The summed E-state index contributed by atoms with van der Waals surface area (Å²) in [6.45, 7) is 1.81. The summed E-state index contributed by atoms with van der Waals surface area (Å²) in [6, 6.07) is 0. The van der Waals surface area contributed by atoms with Crippen molar-refractivity contribution in [2.45, 2.75) is 18.5 Å². The van der Waals surface area contributed by atoms with Crippen molar-refractivity contribution in [2.24, 2.45) is 0 Å². The minimum absolute atomic E-state index is 0.0162. The van der Waals surface area contributed by atoms with E-state index in [1.807, 2.05) is 6.92 Å². The molecule has 1 heterocycles. The summed E-state index contributed by atoms with van der Waals surface area (Å²) in [5.74, 6) is 1.06. The fraction of sp³-hybridized carbons (Fsp3) is 1.00. The van der Waals surface area contributed by atoms with Crippen molar-refractivity contribution in [3.8, 4) is 0 Å². The Bertz CT molecular complexity index is 128. The maximum absolute atomic E-state index is 10.9. The Morgan fingerprint density at radius 2 is 2.56 bits per heavy atom. The highest BCUT2D eigenvalue weighted by Crippen LogP contribution is 2.14. The lowest BCUT2D eigenvalue weighted by Gasteiger charge is -2.02. The van der Waals surface area contributed by atoms with E-state index < -0.39 is 10.8 Å². The van der Waals surface area contributed by atoms with Gasteiger partial charge in [0.15, 0.2) is 0 Å². The van der Waals surface area contributed by atoms with Crippen LogP contribution in [-0.4, -0.2) is 27.4 Å². The first-order chi connectivity index (χ1) is 4.24. The highest BCUT2D eigenvalue weighted by atomic mass is 35.5. The largest absolute Gasteiger partial charge is 0.360 e. The minimum atomic E-state index is -0.804. The van der Waals surface area contributed by atoms with Gasteiger partial charge in [-0.05, 0) is 6.92 Å². The molecule has 3 atom stereocenters. The number of ether oxygens (including phenoxy) is 1. The first kappa shape index (κ1) is 7.51. The van der Waals surface area contributed by atoms with E-state index in [2.05, 4.69) is 0 Å². The quantitative estimate of drug-likeness (QED) is 0.540. The number of rotatable bonds is 1. The number of halogens is 1. The van der Waals surface area contributed by atoms with Gasteiger partial charge in [0.05, 0.1) is 22.7 Å². The van der Waals surface area contributed by atoms with E-state index in [4.69, 9.17) is 16.3 Å². The van der Waals surface area contributed by atoms with E-state index in [0.29, 0.717) is 11.6 Å². The Kier molecular flexibility index (Phi) is 2.50. The number of hydrogen-bond acceptors (Lipinski definition) is 2. The first-order valence-corrected chi connectivity index (χ1v) is 4.74. The van der Waals surface area contributed by atoms with Gasteiger partial charge in [0.2, 0.25) is 0 Å². The van der Waals surface area contributed by atoms with E-state index in [9.17, 15) is 4.21 Å². The third-order valence-corrected chi connectivity index (χ3v) is 3.17. The van der Waals surface area contributed by atoms with Crippen LogP contribution in [0.5, 0.6) is 0 Å². The van der Waals surface area contributed by atoms with Gasteiger partial charge in [-0.3, -0.25) is 4.21 Å². The predicted molar refractivity (Wildman–Crippen MR) is 38.1 cm³/mol. The Morgan fingerprint density at radius 3 is 2.78 bits per heavy atom. The molecule has 4 heteroatoms. The summed E-state index contributed by atoms with van der Waals surface area (Å²) in [4.78, 5) is 0. The molecule has 1 saturated heterocycles. The van der Waals surface area contributed by atoms with Crippen LogP contribution in [0, 0.1) is 0 Å². The smallest absolute Gasteiger partial charge is 0.130 e. The van der Waals surface area contributed by atoms with Crippen LogP contribution in [-0.2, 0) is 15.5 Å². The van der Waals surface area contributed by atoms with E-state index in [1.54, 1.807) is 0 Å². The molecule has 1 aliphatic rings. The van der Waals surface area contributed by atoms with Gasteiger partial charge in [-0.2, -0.15) is 0 Å². The summed E-state index contributed by atoms with van der Waals surface area (Å²) >= 11 is 5.48. The Labute approximate surface area is 62.0 Å². The summed E-state index contributed by atoms with van der Waals surface area (Å²) in [5, 5.41) is 0. The molecule has 0 N–H and O–H groups in total. The standard InChI is InChI=1S/C5H9ClO2S/c1-4-8-5(2-6)3-9(4)7/h4-5H,2-3H2,1H3/t4-,5+,9?/m0/s1. The van der Waals surface area contributed by atoms with Gasteiger partial charge >= 0.3 is 0 Å². The van der Waals surface area contributed by atoms with Gasteiger partial charge in [0, 0.05) is 5.88 Å². The molecule has 1 fully saturated rings. The van der Waals surface area contributed by atoms with Crippen LogP contribution < -0.4 is 0 Å². The molecular weight excluding hydrogens is 160 g/mol. The molecule has 0 aromatic carbocycles. The van der Waals surface area contributed by atoms with Crippen LogP contribution in [0.1, 0.15) is 6.92 Å². The first-order valence-electron chi connectivity index (χ1n) is 2.82. The zero-order chi connectivity index (χ0) is 6.85. The van der Waals surface area contributed by atoms with Crippen molar-refractivity contribution in [1.82, 2.24) is 0 Å². The van der Waals surface area contributed by atoms with Gasteiger partial charge in [0.1, 0.15) is 5.44 Å². The second-order valence-corrected chi connectivity index (χ2v) is 4.09. The summed E-state index contributed by atoms with van der Waals surface area (Å²) in [5.41, 5.74) is -0.117. The molecule has 2 nitrogen and oxygen atoms in total. The van der Waals surface area contributed by atoms with Crippen LogP contribution in [0.3, 0.4) is 0 Å². The van der Waals surface area contributed by atoms with Crippen LogP contribution in [0.15, 0.2) is 0 Å². The topological polar surface area (TPSA) is 26.3 Å². The second-order valence-electron chi connectivity index (χ2n) is 2.03. The van der Waals surface area contributed by atoms with E-state index in [-0.39, 0.29) is 11.5 Å². The van der Waals surface area contributed by atoms with Gasteiger partial charge < -0.3 is 4.74 Å². The van der Waals surface area contributed by atoms with Crippen molar-refractivity contribution < 1.29 is 8.95 Å². The summed E-state index contributed by atoms with van der Waals surface area (Å²) in [6.07, 6.45) is 0.0162. The van der Waals surface area contributed by atoms with Crippen molar-refractivity contribution in [1.29, 1.82) is 0 Å². The van der Waals surface area contributed by atoms with E-state index in [0.717, 1.165) is 0 Å². The van der Waals surface area contributed by atoms with Crippen LogP contribution in [0.2, 0.25) is 0 Å². The molecule has 1 aliphatic heterocycles. The van der Waals surface area contributed by atoms with Gasteiger partial charge in [-0.25, -0.2) is 0 Å². The van der Waals surface area contributed by atoms with Gasteiger partial charge in [0.25, 0.3) is 0 Å². The molecule has 0 amide bonds. The zero-order valence-corrected chi connectivity index (χ0v) is 6.74. The van der Waals surface area contributed by atoms with Crippen LogP contribution in [0.25, 0.3) is 0 Å². The molecule has 0 radical (unpaired) electrons. The molecule has 0 saturated carbocycles. The normalized spacial score (nSPS) is 43.6. The average Bonchev–Trinajstić information content (AvgIpc) is 2.13. The molecule has 0 bridgehead atoms. The van der Waals surface area contributed by atoms with Gasteiger partial charge in [-0.15, -0.1) is 11.6 Å². The lowest BCUT2D eigenvalue weighted by atomic mass is 10.5. The van der Waals surface area contributed by atoms with Crippen molar-refractivity contribution in [2.75, 3.05) is 11.6 Å². The highest BCUT2D eigenvalue weighted by Gasteiger charge is 2.27. The SMILES string of the molecule is C[C@H]1O[C@H](CCl)CS1=O. The third kappa shape index (κ3) is 1.66. The van der Waals surface area contributed by atoms with Crippen LogP contribution >= 0.6 is 11.6 Å².